The summed E-state index contributed by atoms with van der Waals surface area (Å²) in [7, 11) is 1.50. The van der Waals surface area contributed by atoms with E-state index in [-0.39, 0.29) is 11.8 Å². The van der Waals surface area contributed by atoms with Gasteiger partial charge in [-0.3, -0.25) is 9.80 Å². The van der Waals surface area contributed by atoms with E-state index in [1.54, 1.807) is 0 Å². The van der Waals surface area contributed by atoms with Gasteiger partial charge < -0.3 is 0 Å². The van der Waals surface area contributed by atoms with Crippen LogP contribution in [0.1, 0.15) is 20.3 Å². The van der Waals surface area contributed by atoms with E-state index in [2.05, 4.69) is 5.29 Å². The fraction of sp³-hybridized carbons (Fsp3) is 0.833. The number of likely N-dealkylation sites (N-methyl/N-ethyl adjacent to an activating group) is 1. The Morgan fingerprint density at radius 3 is 2.30 bits per heavy atom. The molecule has 4 nitrogen and oxygen atoms in total. The first-order valence-corrected chi connectivity index (χ1v) is 3.20. The molecule has 0 aliphatic carbocycles. The molecule has 0 aromatic rings. The van der Waals surface area contributed by atoms with Crippen LogP contribution in [0.5, 0.6) is 0 Å². The first-order valence-electron chi connectivity index (χ1n) is 3.20. The van der Waals surface area contributed by atoms with Crippen LogP contribution in [-0.4, -0.2) is 23.9 Å². The smallest absolute Gasteiger partial charge is 0.153 e. The van der Waals surface area contributed by atoms with Gasteiger partial charge in [0.1, 0.15) is 6.04 Å². The molecule has 0 radical (unpaired) electrons. The maximum Gasteiger partial charge on any atom is 0.153 e. The van der Waals surface area contributed by atoms with Crippen molar-refractivity contribution in [1.29, 1.82) is 0 Å². The van der Waals surface area contributed by atoms with Crippen LogP contribution < -0.4 is 0 Å². The van der Waals surface area contributed by atoms with Gasteiger partial charge in [0.05, 0.1) is 5.29 Å². The third-order valence-corrected chi connectivity index (χ3v) is 1.44. The molecule has 58 valence electrons. The van der Waals surface area contributed by atoms with Gasteiger partial charge in [-0.25, -0.2) is 0 Å². The number of nitrogens with zero attached hydrogens (tertiary/aromatic N) is 2. The van der Waals surface area contributed by atoms with Crippen LogP contribution in [0.15, 0.2) is 5.29 Å². The van der Waals surface area contributed by atoms with E-state index >= 15 is 0 Å². The molecule has 4 heteroatoms. The number of nitroso groups, excluding NO2 is 1. The molecule has 0 saturated carbocycles. The standard InChI is InChI=1S/C6H12N2O2/c1-4-6(5(2)9)8(3)7-10/h6H,4H2,1-3H3. The second-order valence-electron chi connectivity index (χ2n) is 2.19. The molecular formula is C6H12N2O2. The third-order valence-electron chi connectivity index (χ3n) is 1.44. The topological polar surface area (TPSA) is 49.7 Å². The molecule has 0 spiro atoms. The molecule has 0 saturated heterocycles. The lowest BCUT2D eigenvalue weighted by atomic mass is 10.1. The van der Waals surface area contributed by atoms with Gasteiger partial charge in [0.25, 0.3) is 0 Å². The lowest BCUT2D eigenvalue weighted by Gasteiger charge is -2.17. The first-order chi connectivity index (χ1) is 4.63. The fourth-order valence-electron chi connectivity index (χ4n) is 0.872. The van der Waals surface area contributed by atoms with E-state index in [1.807, 2.05) is 6.92 Å². The summed E-state index contributed by atoms with van der Waals surface area (Å²) in [5.74, 6) is -0.0235. The number of carbonyl (C=O) groups is 1. The average molecular weight is 144 g/mol. The van der Waals surface area contributed by atoms with Gasteiger partial charge in [-0.2, -0.15) is 0 Å². The van der Waals surface area contributed by atoms with Gasteiger partial charge in [0, 0.05) is 7.05 Å². The Morgan fingerprint density at radius 1 is 1.70 bits per heavy atom. The molecule has 0 bridgehead atoms. The van der Waals surface area contributed by atoms with E-state index in [1.165, 1.54) is 14.0 Å². The summed E-state index contributed by atoms with van der Waals surface area (Å²) in [5, 5.41) is 3.78. The molecule has 0 aliphatic heterocycles. The molecule has 0 aliphatic rings. The maximum atomic E-state index is 10.7. The predicted molar refractivity (Wildman–Crippen MR) is 38.3 cm³/mol. The maximum absolute atomic E-state index is 10.7. The van der Waals surface area contributed by atoms with Gasteiger partial charge in [0.15, 0.2) is 5.78 Å². The van der Waals surface area contributed by atoms with Crippen molar-refractivity contribution >= 4 is 5.78 Å². The quantitative estimate of drug-likeness (QED) is 0.436. The van der Waals surface area contributed by atoms with Crippen LogP contribution >= 0.6 is 0 Å². The van der Waals surface area contributed by atoms with Crippen molar-refractivity contribution in [3.8, 4) is 0 Å². The van der Waals surface area contributed by atoms with E-state index in [0.717, 1.165) is 5.01 Å². The van der Waals surface area contributed by atoms with Crippen molar-refractivity contribution in [1.82, 2.24) is 5.01 Å². The summed E-state index contributed by atoms with van der Waals surface area (Å²) in [6.45, 7) is 3.30. The Morgan fingerprint density at radius 2 is 2.20 bits per heavy atom. The number of carbonyl (C=O) groups excluding carboxylic acids is 1. The summed E-state index contributed by atoms with van der Waals surface area (Å²) in [6, 6.07) is -0.350. The lowest BCUT2D eigenvalue weighted by Crippen LogP contribution is -2.32. The summed E-state index contributed by atoms with van der Waals surface area (Å²) in [6.07, 6.45) is 0.623. The van der Waals surface area contributed by atoms with Crippen LogP contribution in [0.4, 0.5) is 0 Å². The predicted octanol–water partition coefficient (Wildman–Crippen LogP) is 0.967. The van der Waals surface area contributed by atoms with Crippen molar-refractivity contribution in [3.05, 3.63) is 4.91 Å². The van der Waals surface area contributed by atoms with Gasteiger partial charge in [-0.1, -0.05) is 6.92 Å². The highest BCUT2D eigenvalue weighted by molar-refractivity contribution is 5.81. The Bertz CT molecular complexity index is 136. The second-order valence-corrected chi connectivity index (χ2v) is 2.19. The molecule has 0 rings (SSSR count). The second kappa shape index (κ2) is 3.98. The number of rotatable bonds is 4. The van der Waals surface area contributed by atoms with E-state index in [4.69, 9.17) is 0 Å². The van der Waals surface area contributed by atoms with E-state index in [0.29, 0.717) is 6.42 Å². The molecule has 0 amide bonds. The zero-order valence-electron chi connectivity index (χ0n) is 6.50. The molecule has 1 atom stereocenters. The van der Waals surface area contributed by atoms with Crippen LogP contribution in [0.3, 0.4) is 0 Å². The van der Waals surface area contributed by atoms with Crippen LogP contribution in [-0.2, 0) is 4.79 Å². The lowest BCUT2D eigenvalue weighted by molar-refractivity contribution is -0.121. The minimum Gasteiger partial charge on any atom is -0.298 e. The Hall–Kier alpha value is -0.930. The molecule has 0 N–H and O–H groups in total. The molecule has 1 unspecified atom stereocenters. The Labute approximate surface area is 60.2 Å². The summed E-state index contributed by atoms with van der Waals surface area (Å²) >= 11 is 0. The van der Waals surface area contributed by atoms with Crippen LogP contribution in [0.25, 0.3) is 0 Å². The Kier molecular flexibility index (Phi) is 3.61. The van der Waals surface area contributed by atoms with Crippen LogP contribution in [0.2, 0.25) is 0 Å². The average Bonchev–Trinajstić information content (AvgIpc) is 1.88. The molecule has 0 aromatic heterocycles. The molecule has 10 heavy (non-hydrogen) atoms. The molecular weight excluding hydrogens is 132 g/mol. The normalized spacial score (nSPS) is 12.3. The van der Waals surface area contributed by atoms with Crippen molar-refractivity contribution < 1.29 is 4.79 Å². The highest BCUT2D eigenvalue weighted by Crippen LogP contribution is 2.01. The fourth-order valence-corrected chi connectivity index (χ4v) is 0.872. The molecule has 0 aromatic carbocycles. The minimum absolute atomic E-state index is 0.0235. The summed E-state index contributed by atoms with van der Waals surface area (Å²) in [5.41, 5.74) is 0. The zero-order chi connectivity index (χ0) is 8.15. The first kappa shape index (κ1) is 9.07. The third kappa shape index (κ3) is 2.13. The van der Waals surface area contributed by atoms with E-state index in [9.17, 15) is 9.70 Å². The van der Waals surface area contributed by atoms with Crippen molar-refractivity contribution in [2.45, 2.75) is 26.3 Å². The van der Waals surface area contributed by atoms with Gasteiger partial charge in [-0.05, 0) is 13.3 Å². The number of hydrogen-bond acceptors (Lipinski definition) is 3. The summed E-state index contributed by atoms with van der Waals surface area (Å²) in [4.78, 5) is 20.7. The molecule has 0 heterocycles. The Balaban J connectivity index is 4.05. The highest BCUT2D eigenvalue weighted by atomic mass is 16.3. The number of hydrogen-bond donors (Lipinski definition) is 0. The molecule has 0 fully saturated rings. The summed E-state index contributed by atoms with van der Waals surface area (Å²) < 4.78 is 0. The van der Waals surface area contributed by atoms with E-state index < -0.39 is 0 Å². The number of ketones is 1. The zero-order valence-corrected chi connectivity index (χ0v) is 6.50. The minimum atomic E-state index is -0.350. The van der Waals surface area contributed by atoms with Gasteiger partial charge in [-0.15, -0.1) is 4.91 Å². The van der Waals surface area contributed by atoms with Crippen molar-refractivity contribution in [3.63, 3.8) is 0 Å². The van der Waals surface area contributed by atoms with Crippen molar-refractivity contribution in [2.24, 2.45) is 5.29 Å². The van der Waals surface area contributed by atoms with Gasteiger partial charge in [0.2, 0.25) is 0 Å². The largest absolute Gasteiger partial charge is 0.298 e. The SMILES string of the molecule is CCC(C(C)=O)N(C)N=O. The van der Waals surface area contributed by atoms with Gasteiger partial charge >= 0.3 is 0 Å². The van der Waals surface area contributed by atoms with Crippen LogP contribution in [0, 0.1) is 4.91 Å². The highest BCUT2D eigenvalue weighted by Gasteiger charge is 2.16. The number of Topliss-reactive ketones (excluding diaryl/α,β-unsaturated/α-hetero) is 1. The monoisotopic (exact) mass is 144 g/mol. The van der Waals surface area contributed by atoms with Crippen molar-refractivity contribution in [2.75, 3.05) is 7.05 Å².